The molecular weight excluding hydrogens is 228 g/mol. The fraction of sp³-hybridized carbons (Fsp3) is 0.333. The van der Waals surface area contributed by atoms with E-state index < -0.39 is 5.97 Å². The van der Waals surface area contributed by atoms with Crippen molar-refractivity contribution < 1.29 is 14.3 Å². The molecule has 0 fully saturated rings. The van der Waals surface area contributed by atoms with Crippen molar-refractivity contribution in [1.29, 1.82) is 0 Å². The van der Waals surface area contributed by atoms with Gasteiger partial charge < -0.3 is 4.74 Å². The third kappa shape index (κ3) is 4.03. The van der Waals surface area contributed by atoms with Crippen molar-refractivity contribution in [2.24, 2.45) is 0 Å². The van der Waals surface area contributed by atoms with Gasteiger partial charge in [-0.2, -0.15) is 0 Å². The van der Waals surface area contributed by atoms with E-state index in [-0.39, 0.29) is 12.4 Å². The Morgan fingerprint density at radius 1 is 1.25 bits per heavy atom. The van der Waals surface area contributed by atoms with Gasteiger partial charge in [0.2, 0.25) is 0 Å². The molecule has 0 heterocycles. The lowest BCUT2D eigenvalue weighted by atomic mass is 10.2. The van der Waals surface area contributed by atoms with Gasteiger partial charge in [-0.15, -0.1) is 0 Å². The van der Waals surface area contributed by atoms with E-state index in [4.69, 9.17) is 16.3 Å². The second-order valence-corrected chi connectivity index (χ2v) is 3.81. The lowest BCUT2D eigenvalue weighted by Gasteiger charge is -2.03. The van der Waals surface area contributed by atoms with Crippen LogP contribution in [-0.4, -0.2) is 18.4 Å². The number of ketones is 1. The Labute approximate surface area is 99.4 Å². The van der Waals surface area contributed by atoms with Crippen LogP contribution in [0.4, 0.5) is 0 Å². The number of hydrogen-bond donors (Lipinski definition) is 0. The number of Topliss-reactive ketones (excluding diaryl/α,β-unsaturated/α-hetero) is 1. The van der Waals surface area contributed by atoms with E-state index >= 15 is 0 Å². The summed E-state index contributed by atoms with van der Waals surface area (Å²) in [7, 11) is 0. The molecule has 0 saturated carbocycles. The number of benzene rings is 1. The van der Waals surface area contributed by atoms with Gasteiger partial charge in [0.1, 0.15) is 6.61 Å². The van der Waals surface area contributed by atoms with Gasteiger partial charge in [-0.3, -0.25) is 4.79 Å². The molecule has 3 nitrogen and oxygen atoms in total. The van der Waals surface area contributed by atoms with Crippen molar-refractivity contribution >= 4 is 23.4 Å². The highest BCUT2D eigenvalue weighted by Crippen LogP contribution is 2.10. The van der Waals surface area contributed by atoms with Gasteiger partial charge in [-0.25, -0.2) is 4.79 Å². The Bertz CT molecular complexity index is 370. The smallest absolute Gasteiger partial charge is 0.338 e. The summed E-state index contributed by atoms with van der Waals surface area (Å²) >= 11 is 5.68. The normalized spacial score (nSPS) is 9.88. The number of ether oxygens (including phenoxy) is 1. The quantitative estimate of drug-likeness (QED) is 0.744. The lowest BCUT2D eigenvalue weighted by molar-refractivity contribution is -0.122. The second-order valence-electron chi connectivity index (χ2n) is 3.37. The van der Waals surface area contributed by atoms with E-state index in [0.717, 1.165) is 6.42 Å². The van der Waals surface area contributed by atoms with Crippen molar-refractivity contribution in [3.63, 3.8) is 0 Å². The molecule has 86 valence electrons. The summed E-state index contributed by atoms with van der Waals surface area (Å²) < 4.78 is 4.85. The highest BCUT2D eigenvalue weighted by molar-refractivity contribution is 6.30. The monoisotopic (exact) mass is 240 g/mol. The minimum Gasteiger partial charge on any atom is -0.454 e. The molecule has 0 N–H and O–H groups in total. The van der Waals surface area contributed by atoms with Crippen LogP contribution in [0, 0.1) is 0 Å². The minimum absolute atomic E-state index is 0.0650. The molecule has 0 aliphatic carbocycles. The molecular formula is C12H13ClO3. The van der Waals surface area contributed by atoms with E-state index in [1.54, 1.807) is 24.3 Å². The number of rotatable bonds is 5. The standard InChI is InChI=1S/C12H13ClO3/c1-2-3-11(14)8-16-12(15)9-4-6-10(13)7-5-9/h4-7H,2-3,8H2,1H3. The van der Waals surface area contributed by atoms with Crippen LogP contribution < -0.4 is 0 Å². The predicted molar refractivity (Wildman–Crippen MR) is 61.6 cm³/mol. The molecule has 4 heteroatoms. The first kappa shape index (κ1) is 12.7. The Balaban J connectivity index is 2.47. The average Bonchev–Trinajstić information content (AvgIpc) is 2.27. The maximum atomic E-state index is 11.4. The summed E-state index contributed by atoms with van der Waals surface area (Å²) in [5.41, 5.74) is 0.397. The summed E-state index contributed by atoms with van der Waals surface area (Å²) in [5, 5.41) is 0.554. The van der Waals surface area contributed by atoms with Crippen molar-refractivity contribution in [1.82, 2.24) is 0 Å². The fourth-order valence-corrected chi connectivity index (χ4v) is 1.29. The summed E-state index contributed by atoms with van der Waals surface area (Å²) in [4.78, 5) is 22.6. The lowest BCUT2D eigenvalue weighted by Crippen LogP contribution is -2.13. The molecule has 0 aromatic heterocycles. The Morgan fingerprint density at radius 3 is 2.44 bits per heavy atom. The van der Waals surface area contributed by atoms with E-state index in [1.165, 1.54) is 0 Å². The minimum atomic E-state index is -0.499. The average molecular weight is 241 g/mol. The van der Waals surface area contributed by atoms with E-state index in [9.17, 15) is 9.59 Å². The predicted octanol–water partition coefficient (Wildman–Crippen LogP) is 2.87. The van der Waals surface area contributed by atoms with Gasteiger partial charge in [-0.1, -0.05) is 18.5 Å². The first-order valence-electron chi connectivity index (χ1n) is 5.08. The molecule has 0 saturated heterocycles. The van der Waals surface area contributed by atoms with Crippen LogP contribution in [0.15, 0.2) is 24.3 Å². The third-order valence-electron chi connectivity index (χ3n) is 1.97. The number of carbonyl (C=O) groups is 2. The topological polar surface area (TPSA) is 43.4 Å². The van der Waals surface area contributed by atoms with Crippen LogP contribution in [0.25, 0.3) is 0 Å². The molecule has 16 heavy (non-hydrogen) atoms. The van der Waals surface area contributed by atoms with Gasteiger partial charge in [0, 0.05) is 11.4 Å². The van der Waals surface area contributed by atoms with Crippen LogP contribution in [0.2, 0.25) is 5.02 Å². The van der Waals surface area contributed by atoms with Gasteiger partial charge in [0.15, 0.2) is 5.78 Å². The van der Waals surface area contributed by atoms with E-state index in [0.29, 0.717) is 17.0 Å². The molecule has 0 atom stereocenters. The number of hydrogen-bond acceptors (Lipinski definition) is 3. The molecule has 0 radical (unpaired) electrons. The number of esters is 1. The molecule has 0 aliphatic rings. The maximum absolute atomic E-state index is 11.4. The first-order valence-corrected chi connectivity index (χ1v) is 5.45. The van der Waals surface area contributed by atoms with Crippen molar-refractivity contribution in [3.05, 3.63) is 34.9 Å². The van der Waals surface area contributed by atoms with E-state index in [2.05, 4.69) is 0 Å². The van der Waals surface area contributed by atoms with Crippen molar-refractivity contribution in [2.45, 2.75) is 19.8 Å². The maximum Gasteiger partial charge on any atom is 0.338 e. The number of halogens is 1. The molecule has 0 bridgehead atoms. The van der Waals surface area contributed by atoms with Crippen LogP contribution in [0.1, 0.15) is 30.1 Å². The van der Waals surface area contributed by atoms with E-state index in [1.807, 2.05) is 6.92 Å². The van der Waals surface area contributed by atoms with Gasteiger partial charge in [-0.05, 0) is 30.7 Å². The summed E-state index contributed by atoms with van der Waals surface area (Å²) in [6.07, 6.45) is 1.20. The zero-order chi connectivity index (χ0) is 12.0. The molecule has 0 aliphatic heterocycles. The largest absolute Gasteiger partial charge is 0.454 e. The highest BCUT2D eigenvalue weighted by atomic mass is 35.5. The fourth-order valence-electron chi connectivity index (χ4n) is 1.17. The van der Waals surface area contributed by atoms with Gasteiger partial charge >= 0.3 is 5.97 Å². The van der Waals surface area contributed by atoms with Crippen LogP contribution in [0.5, 0.6) is 0 Å². The van der Waals surface area contributed by atoms with Crippen LogP contribution >= 0.6 is 11.6 Å². The molecule has 0 unspecified atom stereocenters. The SMILES string of the molecule is CCCC(=O)COC(=O)c1ccc(Cl)cc1. The third-order valence-corrected chi connectivity index (χ3v) is 2.22. The number of carbonyl (C=O) groups excluding carboxylic acids is 2. The highest BCUT2D eigenvalue weighted by Gasteiger charge is 2.09. The summed E-state index contributed by atoms with van der Waals surface area (Å²) in [6, 6.07) is 6.34. The zero-order valence-corrected chi connectivity index (χ0v) is 9.79. The summed E-state index contributed by atoms with van der Waals surface area (Å²) in [5.74, 6) is -0.564. The van der Waals surface area contributed by atoms with Crippen LogP contribution in [-0.2, 0) is 9.53 Å². The summed E-state index contributed by atoms with van der Waals surface area (Å²) in [6.45, 7) is 1.74. The van der Waals surface area contributed by atoms with Crippen molar-refractivity contribution in [3.8, 4) is 0 Å². The van der Waals surface area contributed by atoms with Crippen LogP contribution in [0.3, 0.4) is 0 Å². The molecule has 1 aromatic rings. The zero-order valence-electron chi connectivity index (χ0n) is 9.03. The Kier molecular flexibility index (Phi) is 4.99. The molecule has 1 rings (SSSR count). The molecule has 0 amide bonds. The Hall–Kier alpha value is -1.35. The first-order chi connectivity index (χ1) is 7.63. The van der Waals surface area contributed by atoms with Gasteiger partial charge in [0.25, 0.3) is 0 Å². The van der Waals surface area contributed by atoms with Gasteiger partial charge in [0.05, 0.1) is 5.56 Å². The Morgan fingerprint density at radius 2 is 1.88 bits per heavy atom. The molecule has 1 aromatic carbocycles. The van der Waals surface area contributed by atoms with Crippen molar-refractivity contribution in [2.75, 3.05) is 6.61 Å². The molecule has 0 spiro atoms. The second kappa shape index (κ2) is 6.28.